The van der Waals surface area contributed by atoms with Crippen LogP contribution in [-0.4, -0.2) is 58.8 Å². The molecule has 7 nitrogen and oxygen atoms in total. The molecule has 2 fully saturated rings. The SMILES string of the molecule is C=CC(=CC=C(C)C(=O)O)N1CC2(CCN(Cc3cc(C)c4c(c3)C(C)(C)CO4)CC2)OC1=O. The number of nitrogens with zero attached hydrogens (tertiary/aromatic N) is 2. The summed E-state index contributed by atoms with van der Waals surface area (Å²) < 4.78 is 11.8. The van der Waals surface area contributed by atoms with Crippen LogP contribution in [0.2, 0.25) is 0 Å². The van der Waals surface area contributed by atoms with E-state index >= 15 is 0 Å². The van der Waals surface area contributed by atoms with E-state index in [1.54, 1.807) is 17.1 Å². The number of fused-ring (bicyclic) bond motifs is 1. The Balaban J connectivity index is 1.41. The molecule has 7 heteroatoms. The average molecular weight is 467 g/mol. The van der Waals surface area contributed by atoms with Gasteiger partial charge >= 0.3 is 12.1 Å². The van der Waals surface area contributed by atoms with Gasteiger partial charge in [-0.1, -0.05) is 38.6 Å². The molecule has 182 valence electrons. The third-order valence-corrected chi connectivity index (χ3v) is 7.15. The normalized spacial score (nSPS) is 21.9. The second-order valence-electron chi connectivity index (χ2n) is 10.3. The summed E-state index contributed by atoms with van der Waals surface area (Å²) in [5, 5.41) is 9.06. The summed E-state index contributed by atoms with van der Waals surface area (Å²) in [5.74, 6) is 0.0333. The first-order chi connectivity index (χ1) is 16.0. The van der Waals surface area contributed by atoms with Crippen molar-refractivity contribution in [1.29, 1.82) is 0 Å². The number of benzene rings is 1. The number of hydrogen-bond donors (Lipinski definition) is 1. The number of piperidine rings is 1. The largest absolute Gasteiger partial charge is 0.492 e. The Morgan fingerprint density at radius 2 is 1.94 bits per heavy atom. The van der Waals surface area contributed by atoms with E-state index in [0.29, 0.717) is 18.8 Å². The molecule has 0 atom stereocenters. The first-order valence-electron chi connectivity index (χ1n) is 11.8. The number of amides is 1. The van der Waals surface area contributed by atoms with Crippen molar-refractivity contribution < 1.29 is 24.2 Å². The van der Waals surface area contributed by atoms with Gasteiger partial charge in [0.05, 0.1) is 13.2 Å². The molecule has 0 bridgehead atoms. The lowest BCUT2D eigenvalue weighted by molar-refractivity contribution is -0.132. The van der Waals surface area contributed by atoms with Crippen LogP contribution in [0, 0.1) is 6.92 Å². The van der Waals surface area contributed by atoms with Crippen LogP contribution in [-0.2, 0) is 21.5 Å². The fourth-order valence-corrected chi connectivity index (χ4v) is 4.97. The second-order valence-corrected chi connectivity index (χ2v) is 10.3. The minimum Gasteiger partial charge on any atom is -0.492 e. The van der Waals surface area contributed by atoms with Crippen LogP contribution in [0.5, 0.6) is 5.75 Å². The topological polar surface area (TPSA) is 79.3 Å². The van der Waals surface area contributed by atoms with Crippen LogP contribution in [0.4, 0.5) is 4.79 Å². The maximum Gasteiger partial charge on any atom is 0.415 e. The van der Waals surface area contributed by atoms with E-state index in [1.807, 2.05) is 0 Å². The van der Waals surface area contributed by atoms with Gasteiger partial charge in [-0.2, -0.15) is 0 Å². The molecule has 1 aromatic rings. The number of aliphatic carboxylic acids is 1. The van der Waals surface area contributed by atoms with Gasteiger partial charge in [-0.05, 0) is 37.1 Å². The van der Waals surface area contributed by atoms with Crippen LogP contribution in [0.3, 0.4) is 0 Å². The second kappa shape index (κ2) is 8.95. The Kier molecular flexibility index (Phi) is 6.34. The first-order valence-corrected chi connectivity index (χ1v) is 11.8. The molecule has 1 spiro atoms. The molecule has 1 N–H and O–H groups in total. The average Bonchev–Trinajstić information content (AvgIpc) is 3.26. The minimum atomic E-state index is -0.998. The minimum absolute atomic E-state index is 0.0259. The Bertz CT molecular complexity index is 1080. The molecule has 4 rings (SSSR count). The molecular formula is C27H34N2O5. The highest BCUT2D eigenvalue weighted by Crippen LogP contribution is 2.42. The monoisotopic (exact) mass is 466 g/mol. The third-order valence-electron chi connectivity index (χ3n) is 7.15. The molecule has 0 aromatic heterocycles. The van der Waals surface area contributed by atoms with Crippen molar-refractivity contribution >= 4 is 12.1 Å². The number of likely N-dealkylation sites (tertiary alicyclic amines) is 1. The van der Waals surface area contributed by atoms with Crippen LogP contribution >= 0.6 is 0 Å². The Labute approximate surface area is 201 Å². The van der Waals surface area contributed by atoms with E-state index in [-0.39, 0.29) is 11.0 Å². The van der Waals surface area contributed by atoms with Gasteiger partial charge in [0.25, 0.3) is 0 Å². The fraction of sp³-hybridized carbons (Fsp3) is 0.481. The number of carbonyl (C=O) groups is 2. The number of ether oxygens (including phenoxy) is 2. The molecule has 3 heterocycles. The summed E-state index contributed by atoms with van der Waals surface area (Å²) in [6.45, 7) is 15.5. The summed E-state index contributed by atoms with van der Waals surface area (Å²) in [6.07, 6.45) is 5.74. The first kappa shape index (κ1) is 24.1. The van der Waals surface area contributed by atoms with Crippen molar-refractivity contribution in [3.05, 3.63) is 64.9 Å². The quantitative estimate of drug-likeness (QED) is 0.489. The molecule has 3 aliphatic heterocycles. The van der Waals surface area contributed by atoms with Gasteiger partial charge in [0.1, 0.15) is 11.4 Å². The van der Waals surface area contributed by atoms with Crippen molar-refractivity contribution in [2.24, 2.45) is 0 Å². The van der Waals surface area contributed by atoms with Crippen LogP contribution in [0.15, 0.2) is 48.2 Å². The number of carbonyl (C=O) groups excluding carboxylic acids is 1. The van der Waals surface area contributed by atoms with Crippen molar-refractivity contribution in [2.45, 2.75) is 58.1 Å². The molecule has 1 amide bonds. The lowest BCUT2D eigenvalue weighted by atomic mass is 9.85. The standard InChI is InChI=1S/C27H34N2O5/c1-6-21(8-7-18(2)24(30)31)29-16-27(34-25(29)32)9-11-28(12-10-27)15-20-13-19(3)23-22(14-20)26(4,5)17-33-23/h6-8,13-14H,1,9-12,15-17H2,2-5H3,(H,30,31). The summed E-state index contributed by atoms with van der Waals surface area (Å²) in [4.78, 5) is 27.7. The molecule has 0 aliphatic carbocycles. The molecular weight excluding hydrogens is 432 g/mol. The number of hydrogen-bond acceptors (Lipinski definition) is 5. The summed E-state index contributed by atoms with van der Waals surface area (Å²) in [6, 6.07) is 4.50. The van der Waals surface area contributed by atoms with Crippen LogP contribution in [0.25, 0.3) is 0 Å². The zero-order chi connectivity index (χ0) is 24.7. The molecule has 2 saturated heterocycles. The number of aryl methyl sites for hydroxylation is 1. The number of allylic oxidation sites excluding steroid dienone is 3. The Morgan fingerprint density at radius 1 is 1.24 bits per heavy atom. The Morgan fingerprint density at radius 3 is 2.59 bits per heavy atom. The maximum absolute atomic E-state index is 12.7. The highest BCUT2D eigenvalue weighted by atomic mass is 16.6. The predicted molar refractivity (Wildman–Crippen MR) is 130 cm³/mol. The lowest BCUT2D eigenvalue weighted by Gasteiger charge is -2.37. The van der Waals surface area contributed by atoms with Gasteiger partial charge in [0.2, 0.25) is 0 Å². The smallest absolute Gasteiger partial charge is 0.415 e. The number of carboxylic acids is 1. The van der Waals surface area contributed by atoms with E-state index in [1.165, 1.54) is 29.7 Å². The van der Waals surface area contributed by atoms with Gasteiger partial charge in [0.15, 0.2) is 0 Å². The van der Waals surface area contributed by atoms with Crippen molar-refractivity contribution in [2.75, 3.05) is 26.2 Å². The summed E-state index contributed by atoms with van der Waals surface area (Å²) >= 11 is 0. The Hall–Kier alpha value is -3.06. The third kappa shape index (κ3) is 4.62. The van der Waals surface area contributed by atoms with Gasteiger partial charge in [0, 0.05) is 54.7 Å². The fourth-order valence-electron chi connectivity index (χ4n) is 4.97. The summed E-state index contributed by atoms with van der Waals surface area (Å²) in [5.41, 5.74) is 3.99. The van der Waals surface area contributed by atoms with Crippen LogP contribution in [0.1, 0.15) is 50.3 Å². The molecule has 0 unspecified atom stereocenters. The zero-order valence-electron chi connectivity index (χ0n) is 20.5. The molecule has 1 aromatic carbocycles. The molecule has 0 radical (unpaired) electrons. The van der Waals surface area contributed by atoms with Gasteiger partial charge in [-0.15, -0.1) is 0 Å². The molecule has 0 saturated carbocycles. The molecule has 34 heavy (non-hydrogen) atoms. The van der Waals surface area contributed by atoms with Gasteiger partial charge in [-0.25, -0.2) is 9.59 Å². The molecule has 3 aliphatic rings. The predicted octanol–water partition coefficient (Wildman–Crippen LogP) is 4.55. The van der Waals surface area contributed by atoms with Gasteiger partial charge < -0.3 is 14.6 Å². The van der Waals surface area contributed by atoms with E-state index in [4.69, 9.17) is 14.6 Å². The zero-order valence-corrected chi connectivity index (χ0v) is 20.5. The van der Waals surface area contributed by atoms with E-state index in [9.17, 15) is 9.59 Å². The summed E-state index contributed by atoms with van der Waals surface area (Å²) in [7, 11) is 0. The van der Waals surface area contributed by atoms with Crippen molar-refractivity contribution in [1.82, 2.24) is 9.80 Å². The van der Waals surface area contributed by atoms with Crippen molar-refractivity contribution in [3.8, 4) is 5.75 Å². The number of carboxylic acid groups (broad SMARTS) is 1. The highest BCUT2D eigenvalue weighted by Gasteiger charge is 2.47. The van der Waals surface area contributed by atoms with Crippen molar-refractivity contribution in [3.63, 3.8) is 0 Å². The number of rotatable bonds is 6. The van der Waals surface area contributed by atoms with E-state index in [2.05, 4.69) is 44.4 Å². The van der Waals surface area contributed by atoms with E-state index in [0.717, 1.165) is 38.2 Å². The maximum atomic E-state index is 12.7. The van der Waals surface area contributed by atoms with Gasteiger partial charge in [-0.3, -0.25) is 9.80 Å². The van der Waals surface area contributed by atoms with Crippen LogP contribution < -0.4 is 4.74 Å². The lowest BCUT2D eigenvalue weighted by Crippen LogP contribution is -2.46. The highest BCUT2D eigenvalue weighted by molar-refractivity contribution is 5.86. The van der Waals surface area contributed by atoms with E-state index < -0.39 is 17.7 Å².